The molecule has 0 spiro atoms. The molecule has 2 N–H and O–H groups in total. The van der Waals surface area contributed by atoms with Gasteiger partial charge in [0.15, 0.2) is 5.96 Å². The summed E-state index contributed by atoms with van der Waals surface area (Å²) in [4.78, 5) is 4.74. The van der Waals surface area contributed by atoms with Crippen LogP contribution in [-0.2, 0) is 0 Å². The molecule has 0 atom stereocenters. The number of hydrogen-bond acceptors (Lipinski definition) is 1. The average molecular weight is 239 g/mol. The molecule has 0 aromatic carbocycles. The molecule has 3 heteroatoms. The van der Waals surface area contributed by atoms with Gasteiger partial charge in [0.25, 0.3) is 0 Å². The predicted octanol–water partition coefficient (Wildman–Crippen LogP) is 2.78. The van der Waals surface area contributed by atoms with Crippen molar-refractivity contribution in [3.63, 3.8) is 0 Å². The van der Waals surface area contributed by atoms with Gasteiger partial charge in [-0.25, -0.2) is 0 Å². The van der Waals surface area contributed by atoms with E-state index in [1.54, 1.807) is 0 Å². The molecule has 1 saturated carbocycles. The van der Waals surface area contributed by atoms with E-state index in [0.717, 1.165) is 25.6 Å². The molecule has 0 aromatic rings. The lowest BCUT2D eigenvalue weighted by Gasteiger charge is -2.40. The molecule has 3 nitrogen and oxygen atoms in total. The summed E-state index contributed by atoms with van der Waals surface area (Å²) in [6.45, 7) is 11.8. The predicted molar refractivity (Wildman–Crippen MR) is 75.4 cm³/mol. The first-order chi connectivity index (χ1) is 8.12. The number of rotatable bonds is 6. The molecule has 1 aliphatic rings. The lowest BCUT2D eigenvalue weighted by atomic mass is 9.67. The van der Waals surface area contributed by atoms with Crippen LogP contribution in [0.1, 0.15) is 53.4 Å². The smallest absolute Gasteiger partial charge is 0.191 e. The van der Waals surface area contributed by atoms with Crippen LogP contribution in [0.25, 0.3) is 0 Å². The number of nitrogens with zero attached hydrogens (tertiary/aromatic N) is 1. The van der Waals surface area contributed by atoms with Crippen LogP contribution < -0.4 is 10.6 Å². The quantitative estimate of drug-likeness (QED) is 0.552. The van der Waals surface area contributed by atoms with Crippen LogP contribution in [0.15, 0.2) is 4.99 Å². The van der Waals surface area contributed by atoms with Gasteiger partial charge in [-0.05, 0) is 37.5 Å². The molecule has 0 bridgehead atoms. The second-order valence-electron chi connectivity index (χ2n) is 5.68. The van der Waals surface area contributed by atoms with E-state index in [0.29, 0.717) is 11.3 Å². The summed E-state index contributed by atoms with van der Waals surface area (Å²) < 4.78 is 0. The molecule has 0 amide bonds. The topological polar surface area (TPSA) is 36.4 Å². The van der Waals surface area contributed by atoms with Gasteiger partial charge in [0.2, 0.25) is 0 Å². The summed E-state index contributed by atoms with van der Waals surface area (Å²) in [6, 6.07) is 0. The van der Waals surface area contributed by atoms with Gasteiger partial charge in [-0.1, -0.05) is 27.2 Å². The van der Waals surface area contributed by atoms with Crippen LogP contribution in [0, 0.1) is 11.3 Å². The standard InChI is InChI=1S/C14H29N3/c1-5-14(8-7-9-14)11-17-13(15-6-2)16-10-12(3)4/h12H,5-11H2,1-4H3,(H2,15,16,17). The maximum absolute atomic E-state index is 4.74. The van der Waals surface area contributed by atoms with Gasteiger partial charge in [-0.2, -0.15) is 0 Å². The largest absolute Gasteiger partial charge is 0.357 e. The van der Waals surface area contributed by atoms with Crippen LogP contribution >= 0.6 is 0 Å². The first-order valence-corrected chi connectivity index (χ1v) is 7.14. The van der Waals surface area contributed by atoms with Crippen LogP contribution in [0.2, 0.25) is 0 Å². The highest BCUT2D eigenvalue weighted by molar-refractivity contribution is 5.79. The number of aliphatic imine (C=N–C) groups is 1. The van der Waals surface area contributed by atoms with Crippen molar-refractivity contribution in [2.24, 2.45) is 16.3 Å². The first kappa shape index (κ1) is 14.3. The van der Waals surface area contributed by atoms with Crippen molar-refractivity contribution in [2.75, 3.05) is 19.6 Å². The molecule has 1 aliphatic carbocycles. The minimum atomic E-state index is 0.514. The Morgan fingerprint density at radius 2 is 1.94 bits per heavy atom. The molecule has 0 saturated heterocycles. The molecular weight excluding hydrogens is 210 g/mol. The first-order valence-electron chi connectivity index (χ1n) is 7.14. The fraction of sp³-hybridized carbons (Fsp3) is 0.929. The summed E-state index contributed by atoms with van der Waals surface area (Å²) in [5.74, 6) is 1.64. The highest BCUT2D eigenvalue weighted by Crippen LogP contribution is 2.43. The summed E-state index contributed by atoms with van der Waals surface area (Å²) in [5.41, 5.74) is 0.514. The Bertz CT molecular complexity index is 236. The van der Waals surface area contributed by atoms with Crippen molar-refractivity contribution < 1.29 is 0 Å². The zero-order valence-corrected chi connectivity index (χ0v) is 12.0. The van der Waals surface area contributed by atoms with Crippen molar-refractivity contribution in [3.05, 3.63) is 0 Å². The SMILES string of the molecule is CCNC(=NCC1(CC)CCC1)NCC(C)C. The summed E-state index contributed by atoms with van der Waals surface area (Å²) >= 11 is 0. The Balaban J connectivity index is 2.44. The zero-order valence-electron chi connectivity index (χ0n) is 12.0. The minimum Gasteiger partial charge on any atom is -0.357 e. The summed E-state index contributed by atoms with van der Waals surface area (Å²) in [7, 11) is 0. The number of hydrogen-bond donors (Lipinski definition) is 2. The van der Waals surface area contributed by atoms with Gasteiger partial charge in [0.05, 0.1) is 0 Å². The van der Waals surface area contributed by atoms with Crippen molar-refractivity contribution in [1.82, 2.24) is 10.6 Å². The van der Waals surface area contributed by atoms with Crippen LogP contribution in [-0.4, -0.2) is 25.6 Å². The highest BCUT2D eigenvalue weighted by Gasteiger charge is 2.34. The van der Waals surface area contributed by atoms with Crippen molar-refractivity contribution in [2.45, 2.75) is 53.4 Å². The van der Waals surface area contributed by atoms with Gasteiger partial charge < -0.3 is 10.6 Å². The third-order valence-electron chi connectivity index (χ3n) is 3.76. The molecule has 0 radical (unpaired) electrons. The third kappa shape index (κ3) is 4.57. The summed E-state index contributed by atoms with van der Waals surface area (Å²) in [6.07, 6.45) is 5.37. The van der Waals surface area contributed by atoms with Crippen LogP contribution in [0.4, 0.5) is 0 Å². The highest BCUT2D eigenvalue weighted by atomic mass is 15.2. The lowest BCUT2D eigenvalue weighted by Crippen LogP contribution is -2.41. The maximum atomic E-state index is 4.74. The van der Waals surface area contributed by atoms with Gasteiger partial charge in [0.1, 0.15) is 0 Å². The van der Waals surface area contributed by atoms with E-state index in [1.807, 2.05) is 0 Å². The van der Waals surface area contributed by atoms with E-state index in [2.05, 4.69) is 38.3 Å². The molecular formula is C14H29N3. The van der Waals surface area contributed by atoms with E-state index < -0.39 is 0 Å². The molecule has 1 rings (SSSR count). The molecule has 0 heterocycles. The van der Waals surface area contributed by atoms with Gasteiger partial charge in [-0.15, -0.1) is 0 Å². The number of nitrogens with one attached hydrogen (secondary N) is 2. The molecule has 0 aliphatic heterocycles. The Kier molecular flexibility index (Phi) is 5.79. The number of guanidine groups is 1. The van der Waals surface area contributed by atoms with E-state index >= 15 is 0 Å². The van der Waals surface area contributed by atoms with E-state index in [-0.39, 0.29) is 0 Å². The molecule has 17 heavy (non-hydrogen) atoms. The lowest BCUT2D eigenvalue weighted by molar-refractivity contribution is 0.139. The Morgan fingerprint density at radius 1 is 1.24 bits per heavy atom. The molecule has 1 fully saturated rings. The van der Waals surface area contributed by atoms with E-state index in [9.17, 15) is 0 Å². The normalized spacial score (nSPS) is 19.0. The minimum absolute atomic E-state index is 0.514. The van der Waals surface area contributed by atoms with Crippen molar-refractivity contribution >= 4 is 5.96 Å². The van der Waals surface area contributed by atoms with Gasteiger partial charge in [0, 0.05) is 19.6 Å². The molecule has 100 valence electrons. The van der Waals surface area contributed by atoms with Gasteiger partial charge >= 0.3 is 0 Å². The average Bonchev–Trinajstić information content (AvgIpc) is 2.24. The molecule has 0 aromatic heterocycles. The van der Waals surface area contributed by atoms with Gasteiger partial charge in [-0.3, -0.25) is 4.99 Å². The second kappa shape index (κ2) is 6.87. The van der Waals surface area contributed by atoms with E-state index in [4.69, 9.17) is 4.99 Å². The fourth-order valence-corrected chi connectivity index (χ4v) is 2.19. The Morgan fingerprint density at radius 3 is 2.35 bits per heavy atom. The monoisotopic (exact) mass is 239 g/mol. The second-order valence-corrected chi connectivity index (χ2v) is 5.68. The van der Waals surface area contributed by atoms with Crippen LogP contribution in [0.5, 0.6) is 0 Å². The fourth-order valence-electron chi connectivity index (χ4n) is 2.19. The Labute approximate surface area is 106 Å². The summed E-state index contributed by atoms with van der Waals surface area (Å²) in [5, 5.41) is 6.73. The Hall–Kier alpha value is -0.730. The van der Waals surface area contributed by atoms with Crippen molar-refractivity contribution in [3.8, 4) is 0 Å². The zero-order chi connectivity index (χ0) is 12.7. The van der Waals surface area contributed by atoms with Crippen LogP contribution in [0.3, 0.4) is 0 Å². The maximum Gasteiger partial charge on any atom is 0.191 e. The van der Waals surface area contributed by atoms with E-state index in [1.165, 1.54) is 25.7 Å². The van der Waals surface area contributed by atoms with Crippen molar-refractivity contribution in [1.29, 1.82) is 0 Å². The molecule has 0 unspecified atom stereocenters. The third-order valence-corrected chi connectivity index (χ3v) is 3.76.